The Morgan fingerprint density at radius 3 is 2.35 bits per heavy atom. The summed E-state index contributed by atoms with van der Waals surface area (Å²) in [6.45, 7) is 0. The molecule has 1 aromatic heterocycles. The van der Waals surface area contributed by atoms with Gasteiger partial charge in [-0.2, -0.15) is 5.10 Å². The van der Waals surface area contributed by atoms with E-state index in [1.807, 2.05) is 0 Å². The van der Waals surface area contributed by atoms with Crippen LogP contribution in [0.2, 0.25) is 0 Å². The summed E-state index contributed by atoms with van der Waals surface area (Å²) in [6, 6.07) is 5.05. The number of methoxy groups -OCH3 is 3. The van der Waals surface area contributed by atoms with Crippen LogP contribution in [-0.4, -0.2) is 38.4 Å². The molecule has 23 heavy (non-hydrogen) atoms. The van der Waals surface area contributed by atoms with E-state index >= 15 is 0 Å². The molecule has 0 fully saturated rings. The van der Waals surface area contributed by atoms with Gasteiger partial charge in [0.2, 0.25) is 0 Å². The summed E-state index contributed by atoms with van der Waals surface area (Å²) in [6.07, 6.45) is 3.13. The van der Waals surface area contributed by atoms with Crippen molar-refractivity contribution in [3.05, 3.63) is 40.1 Å². The molecule has 1 amide bonds. The number of H-pyrrole nitrogens is 1. The predicted octanol–water partition coefficient (Wildman–Crippen LogP) is 2.57. The van der Waals surface area contributed by atoms with Crippen LogP contribution in [0.3, 0.4) is 0 Å². The van der Waals surface area contributed by atoms with Crippen molar-refractivity contribution in [2.24, 2.45) is 5.10 Å². The number of hydrogen-bond donors (Lipinski definition) is 2. The van der Waals surface area contributed by atoms with E-state index < -0.39 is 0 Å². The Bertz CT molecular complexity index is 728. The first-order valence-electron chi connectivity index (χ1n) is 6.56. The Labute approximate surface area is 141 Å². The second kappa shape index (κ2) is 7.68. The maximum atomic E-state index is 11.9. The molecule has 0 saturated heterocycles. The first kappa shape index (κ1) is 16.9. The van der Waals surface area contributed by atoms with Crippen LogP contribution < -0.4 is 19.6 Å². The zero-order chi connectivity index (χ0) is 16.8. The molecule has 8 heteroatoms. The fourth-order valence-electron chi connectivity index (χ4n) is 1.87. The van der Waals surface area contributed by atoms with Gasteiger partial charge in [0, 0.05) is 22.3 Å². The molecular weight excluding hydrogens is 366 g/mol. The minimum atomic E-state index is -0.355. The van der Waals surface area contributed by atoms with E-state index in [1.165, 1.54) is 20.4 Å². The van der Waals surface area contributed by atoms with E-state index in [0.29, 0.717) is 28.5 Å². The van der Waals surface area contributed by atoms with E-state index in [1.54, 1.807) is 31.5 Å². The maximum absolute atomic E-state index is 11.9. The number of ether oxygens (including phenoxy) is 3. The van der Waals surface area contributed by atoms with Crippen LogP contribution in [0.25, 0.3) is 0 Å². The highest BCUT2D eigenvalue weighted by molar-refractivity contribution is 9.10. The summed E-state index contributed by atoms with van der Waals surface area (Å²) in [4.78, 5) is 14.7. The first-order valence-corrected chi connectivity index (χ1v) is 7.35. The Morgan fingerprint density at radius 2 is 1.78 bits per heavy atom. The lowest BCUT2D eigenvalue weighted by Crippen LogP contribution is -2.17. The van der Waals surface area contributed by atoms with Crippen LogP contribution in [-0.2, 0) is 0 Å². The van der Waals surface area contributed by atoms with Gasteiger partial charge in [-0.3, -0.25) is 4.79 Å². The number of nitrogens with one attached hydrogen (secondary N) is 2. The van der Waals surface area contributed by atoms with Crippen LogP contribution in [0.5, 0.6) is 17.2 Å². The minimum absolute atomic E-state index is 0.355. The Kier molecular flexibility index (Phi) is 5.64. The van der Waals surface area contributed by atoms with Crippen molar-refractivity contribution >= 4 is 28.1 Å². The number of aromatic amines is 1. The smallest absolute Gasteiger partial charge is 0.287 e. The van der Waals surface area contributed by atoms with Crippen molar-refractivity contribution < 1.29 is 19.0 Å². The van der Waals surface area contributed by atoms with Gasteiger partial charge in [-0.15, -0.1) is 0 Å². The fraction of sp³-hybridized carbons (Fsp3) is 0.200. The molecule has 2 N–H and O–H groups in total. The van der Waals surface area contributed by atoms with Gasteiger partial charge in [0.15, 0.2) is 11.5 Å². The van der Waals surface area contributed by atoms with Gasteiger partial charge in [-0.1, -0.05) is 0 Å². The van der Waals surface area contributed by atoms with E-state index in [4.69, 9.17) is 14.2 Å². The van der Waals surface area contributed by atoms with Crippen molar-refractivity contribution in [3.63, 3.8) is 0 Å². The summed E-state index contributed by atoms with van der Waals surface area (Å²) < 4.78 is 16.5. The molecular formula is C15H16BrN3O4. The molecule has 0 saturated carbocycles. The Hall–Kier alpha value is -2.48. The summed E-state index contributed by atoms with van der Waals surface area (Å²) >= 11 is 3.26. The number of rotatable bonds is 6. The number of hydrazone groups is 1. The van der Waals surface area contributed by atoms with Gasteiger partial charge in [0.05, 0.1) is 27.5 Å². The fourth-order valence-corrected chi connectivity index (χ4v) is 2.22. The van der Waals surface area contributed by atoms with Gasteiger partial charge in [-0.05, 0) is 28.1 Å². The number of nitrogens with zero attached hydrogens (tertiary/aromatic N) is 1. The third-order valence-electron chi connectivity index (χ3n) is 3.00. The van der Waals surface area contributed by atoms with Crippen LogP contribution in [0.1, 0.15) is 16.1 Å². The summed E-state index contributed by atoms with van der Waals surface area (Å²) in [5, 5.41) is 3.93. The van der Waals surface area contributed by atoms with E-state index in [9.17, 15) is 4.79 Å². The maximum Gasteiger partial charge on any atom is 0.287 e. The molecule has 0 aliphatic rings. The molecule has 0 spiro atoms. The number of amides is 1. The quantitative estimate of drug-likeness (QED) is 0.594. The molecule has 0 radical (unpaired) electrons. The number of benzene rings is 1. The molecule has 0 unspecified atom stereocenters. The lowest BCUT2D eigenvalue weighted by molar-refractivity contribution is 0.0950. The van der Waals surface area contributed by atoms with Gasteiger partial charge in [0.25, 0.3) is 5.91 Å². The third kappa shape index (κ3) is 4.04. The van der Waals surface area contributed by atoms with E-state index in [-0.39, 0.29) is 5.91 Å². The zero-order valence-electron chi connectivity index (χ0n) is 12.8. The third-order valence-corrected chi connectivity index (χ3v) is 3.46. The molecule has 0 aliphatic heterocycles. The average molecular weight is 382 g/mol. The van der Waals surface area contributed by atoms with E-state index in [0.717, 1.165) is 4.47 Å². The molecule has 1 heterocycles. The first-order chi connectivity index (χ1) is 11.1. The minimum Gasteiger partial charge on any atom is -0.496 e. The van der Waals surface area contributed by atoms with Crippen molar-refractivity contribution in [2.75, 3.05) is 21.3 Å². The van der Waals surface area contributed by atoms with Crippen LogP contribution in [0, 0.1) is 0 Å². The van der Waals surface area contributed by atoms with Crippen LogP contribution in [0.4, 0.5) is 0 Å². The van der Waals surface area contributed by atoms with Crippen molar-refractivity contribution in [2.45, 2.75) is 0 Å². The topological polar surface area (TPSA) is 84.9 Å². The summed E-state index contributed by atoms with van der Waals surface area (Å²) in [7, 11) is 4.61. The van der Waals surface area contributed by atoms with Gasteiger partial charge in [-0.25, -0.2) is 5.43 Å². The van der Waals surface area contributed by atoms with Gasteiger partial charge in [0.1, 0.15) is 11.4 Å². The molecule has 7 nitrogen and oxygen atoms in total. The van der Waals surface area contributed by atoms with Crippen LogP contribution >= 0.6 is 15.9 Å². The highest BCUT2D eigenvalue weighted by Gasteiger charge is 2.11. The SMILES string of the molecule is COc1cc(OC)c(OC)cc1/C=N\NC(=O)c1cc(Br)c[nH]1. The summed E-state index contributed by atoms with van der Waals surface area (Å²) in [5.74, 6) is 1.27. The van der Waals surface area contributed by atoms with Gasteiger partial charge >= 0.3 is 0 Å². The predicted molar refractivity (Wildman–Crippen MR) is 89.7 cm³/mol. The highest BCUT2D eigenvalue weighted by Crippen LogP contribution is 2.33. The number of aromatic nitrogens is 1. The standard InChI is InChI=1S/C15H16BrN3O4/c1-21-12-6-14(23-3)13(22-2)4-9(12)7-18-19-15(20)11-5-10(16)8-17-11/h4-8,17H,1-3H3,(H,19,20)/b18-7-. The van der Waals surface area contributed by atoms with Gasteiger partial charge < -0.3 is 19.2 Å². The second-order valence-electron chi connectivity index (χ2n) is 4.38. The van der Waals surface area contributed by atoms with Crippen LogP contribution in [0.15, 0.2) is 34.0 Å². The number of carbonyl (C=O) groups excluding carboxylic acids is 1. The Balaban J connectivity index is 2.16. The monoisotopic (exact) mass is 381 g/mol. The van der Waals surface area contributed by atoms with E-state index in [2.05, 4.69) is 31.4 Å². The van der Waals surface area contributed by atoms with Crippen molar-refractivity contribution in [3.8, 4) is 17.2 Å². The molecule has 0 aliphatic carbocycles. The molecule has 1 aromatic carbocycles. The average Bonchev–Trinajstić information content (AvgIpc) is 3.00. The summed E-state index contributed by atoms with van der Waals surface area (Å²) in [5.41, 5.74) is 3.46. The van der Waals surface area contributed by atoms with Crippen molar-refractivity contribution in [1.29, 1.82) is 0 Å². The normalized spacial score (nSPS) is 10.6. The lowest BCUT2D eigenvalue weighted by Gasteiger charge is -2.11. The Morgan fingerprint density at radius 1 is 1.13 bits per heavy atom. The number of halogens is 1. The highest BCUT2D eigenvalue weighted by atomic mass is 79.9. The molecule has 2 aromatic rings. The zero-order valence-corrected chi connectivity index (χ0v) is 14.4. The molecule has 0 atom stereocenters. The second-order valence-corrected chi connectivity index (χ2v) is 5.30. The number of hydrogen-bond acceptors (Lipinski definition) is 5. The molecule has 122 valence electrons. The van der Waals surface area contributed by atoms with Crippen molar-refractivity contribution in [1.82, 2.24) is 10.4 Å². The number of carbonyl (C=O) groups is 1. The molecule has 0 bridgehead atoms. The lowest BCUT2D eigenvalue weighted by atomic mass is 10.2. The molecule has 2 rings (SSSR count). The largest absolute Gasteiger partial charge is 0.496 e.